The summed E-state index contributed by atoms with van der Waals surface area (Å²) in [7, 11) is 0. The Labute approximate surface area is 216 Å². The van der Waals surface area contributed by atoms with Crippen molar-refractivity contribution in [1.29, 1.82) is 0 Å². The highest BCUT2D eigenvalue weighted by atomic mass is 32.2. The number of carbonyl (C=O) groups excluding carboxylic acids is 4. The third-order valence-corrected chi connectivity index (χ3v) is 5.65. The molecule has 0 radical (unpaired) electrons. The maximum Gasteiger partial charge on any atom is 0.326 e. The first kappa shape index (κ1) is 31.2. The summed E-state index contributed by atoms with van der Waals surface area (Å²) in [6.45, 7) is 0. The largest absolute Gasteiger partial charge is 0.508 e. The van der Waals surface area contributed by atoms with Gasteiger partial charge in [0.15, 0.2) is 0 Å². The summed E-state index contributed by atoms with van der Waals surface area (Å²) >= 11 is 1.37. The van der Waals surface area contributed by atoms with Gasteiger partial charge in [-0.15, -0.1) is 0 Å². The summed E-state index contributed by atoms with van der Waals surface area (Å²) in [4.78, 5) is 71.9. The van der Waals surface area contributed by atoms with Gasteiger partial charge in [-0.25, -0.2) is 4.79 Å². The van der Waals surface area contributed by atoms with Crippen molar-refractivity contribution in [1.82, 2.24) is 16.0 Å². The Balaban J connectivity index is 3.15. The number of carboxylic acids is 2. The second-order valence-corrected chi connectivity index (χ2v) is 9.03. The molecular weight excluding hydrogens is 510 g/mol. The van der Waals surface area contributed by atoms with Crippen LogP contribution in [0.25, 0.3) is 0 Å². The number of benzene rings is 1. The highest BCUT2D eigenvalue weighted by Gasteiger charge is 2.31. The molecule has 1 aromatic carbocycles. The fourth-order valence-electron chi connectivity index (χ4n) is 3.09. The third kappa shape index (κ3) is 11.6. The van der Waals surface area contributed by atoms with Gasteiger partial charge in [0.2, 0.25) is 23.6 Å². The van der Waals surface area contributed by atoms with Crippen molar-refractivity contribution in [2.75, 3.05) is 12.0 Å². The molecule has 0 spiro atoms. The number of aromatic hydroxyl groups is 1. The Morgan fingerprint density at radius 3 is 1.92 bits per heavy atom. The van der Waals surface area contributed by atoms with E-state index in [2.05, 4.69) is 16.0 Å². The van der Waals surface area contributed by atoms with Crippen molar-refractivity contribution in [3.05, 3.63) is 29.8 Å². The molecule has 15 heteroatoms. The van der Waals surface area contributed by atoms with E-state index in [1.807, 2.05) is 0 Å². The number of aliphatic carboxylic acids is 2. The first-order chi connectivity index (χ1) is 17.3. The molecule has 0 fully saturated rings. The predicted octanol–water partition coefficient (Wildman–Crippen LogP) is -2.10. The molecule has 4 atom stereocenters. The molecule has 10 N–H and O–H groups in total. The van der Waals surface area contributed by atoms with Crippen LogP contribution in [0.4, 0.5) is 0 Å². The van der Waals surface area contributed by atoms with Gasteiger partial charge in [0.05, 0.1) is 18.9 Å². The van der Waals surface area contributed by atoms with Crippen LogP contribution >= 0.6 is 11.8 Å². The smallest absolute Gasteiger partial charge is 0.326 e. The van der Waals surface area contributed by atoms with Gasteiger partial charge in [0.25, 0.3) is 0 Å². The quantitative estimate of drug-likeness (QED) is 0.112. The number of phenols is 1. The standard InChI is InChI=1S/C22H31N5O9S/c1-37-7-6-14(25-19(32)13(23)9-18(30)31)20(33)26-15(8-11-2-4-12(28)5-3-11)21(34)27-16(22(35)36)10-17(24)29/h2-5,13-16,28H,6-10,23H2,1H3,(H2,24,29)(H,25,32)(H,26,33)(H,27,34)(H,30,31)(H,35,36). The van der Waals surface area contributed by atoms with Crippen LogP contribution in [0.3, 0.4) is 0 Å². The number of amides is 4. The number of hydrogen-bond donors (Lipinski definition) is 8. The summed E-state index contributed by atoms with van der Waals surface area (Å²) < 4.78 is 0. The molecule has 1 aromatic rings. The molecule has 204 valence electrons. The van der Waals surface area contributed by atoms with Crippen molar-refractivity contribution >= 4 is 47.3 Å². The Morgan fingerprint density at radius 1 is 0.865 bits per heavy atom. The first-order valence-corrected chi connectivity index (χ1v) is 12.4. The van der Waals surface area contributed by atoms with Crippen LogP contribution < -0.4 is 27.4 Å². The van der Waals surface area contributed by atoms with E-state index in [-0.39, 0.29) is 18.6 Å². The number of carboxylic acid groups (broad SMARTS) is 2. The van der Waals surface area contributed by atoms with E-state index >= 15 is 0 Å². The third-order valence-electron chi connectivity index (χ3n) is 5.00. The zero-order valence-electron chi connectivity index (χ0n) is 20.0. The normalized spacial score (nSPS) is 13.9. The van der Waals surface area contributed by atoms with E-state index in [0.29, 0.717) is 11.3 Å². The molecule has 0 aliphatic carbocycles. The van der Waals surface area contributed by atoms with Gasteiger partial charge in [-0.3, -0.25) is 24.0 Å². The van der Waals surface area contributed by atoms with Crippen LogP contribution in [0.15, 0.2) is 24.3 Å². The lowest BCUT2D eigenvalue weighted by atomic mass is 10.0. The molecule has 4 unspecified atom stereocenters. The van der Waals surface area contributed by atoms with Gasteiger partial charge in [0, 0.05) is 6.42 Å². The molecule has 0 saturated heterocycles. The second kappa shape index (κ2) is 15.3. The van der Waals surface area contributed by atoms with Gasteiger partial charge in [0.1, 0.15) is 23.9 Å². The Kier molecular flexibility index (Phi) is 12.9. The molecule has 0 saturated carbocycles. The maximum atomic E-state index is 13.1. The van der Waals surface area contributed by atoms with Crippen molar-refractivity contribution in [3.63, 3.8) is 0 Å². The number of rotatable bonds is 16. The van der Waals surface area contributed by atoms with E-state index < -0.39 is 72.6 Å². The van der Waals surface area contributed by atoms with Crippen molar-refractivity contribution in [2.24, 2.45) is 11.5 Å². The second-order valence-electron chi connectivity index (χ2n) is 8.05. The SMILES string of the molecule is CSCCC(NC(=O)C(N)CC(=O)O)C(=O)NC(Cc1ccc(O)cc1)C(=O)NC(CC(N)=O)C(=O)O. The molecule has 4 amide bonds. The fourth-order valence-corrected chi connectivity index (χ4v) is 3.56. The van der Waals surface area contributed by atoms with Crippen molar-refractivity contribution in [3.8, 4) is 5.75 Å². The molecule has 0 aliphatic rings. The molecule has 37 heavy (non-hydrogen) atoms. The average Bonchev–Trinajstić information content (AvgIpc) is 2.81. The number of carbonyl (C=O) groups is 6. The zero-order chi connectivity index (χ0) is 28.1. The van der Waals surface area contributed by atoms with Crippen LogP contribution in [0, 0.1) is 0 Å². The summed E-state index contributed by atoms with van der Waals surface area (Å²) in [5.74, 6) is -6.03. The van der Waals surface area contributed by atoms with E-state index in [0.717, 1.165) is 0 Å². The van der Waals surface area contributed by atoms with Crippen LogP contribution in [0.2, 0.25) is 0 Å². The van der Waals surface area contributed by atoms with E-state index in [9.17, 15) is 39.0 Å². The Morgan fingerprint density at radius 2 is 1.41 bits per heavy atom. The zero-order valence-corrected chi connectivity index (χ0v) is 20.8. The van der Waals surface area contributed by atoms with Crippen LogP contribution in [0.1, 0.15) is 24.8 Å². The highest BCUT2D eigenvalue weighted by Crippen LogP contribution is 2.12. The van der Waals surface area contributed by atoms with Gasteiger partial charge >= 0.3 is 11.9 Å². The van der Waals surface area contributed by atoms with E-state index in [4.69, 9.17) is 16.6 Å². The molecule has 1 rings (SSSR count). The van der Waals surface area contributed by atoms with Crippen molar-refractivity contribution < 1.29 is 44.1 Å². The highest BCUT2D eigenvalue weighted by molar-refractivity contribution is 7.98. The molecular formula is C22H31N5O9S. The number of nitrogens with two attached hydrogens (primary N) is 2. The minimum atomic E-state index is -1.65. The van der Waals surface area contributed by atoms with Crippen LogP contribution in [-0.2, 0) is 35.2 Å². The number of primary amides is 1. The Hall–Kier alpha value is -3.85. The molecule has 0 bridgehead atoms. The molecule has 14 nitrogen and oxygen atoms in total. The number of thioether (sulfide) groups is 1. The monoisotopic (exact) mass is 541 g/mol. The van der Waals surface area contributed by atoms with Crippen LogP contribution in [0.5, 0.6) is 5.75 Å². The van der Waals surface area contributed by atoms with E-state index in [1.165, 1.54) is 36.0 Å². The van der Waals surface area contributed by atoms with Gasteiger partial charge in [-0.2, -0.15) is 11.8 Å². The number of nitrogens with one attached hydrogen (secondary N) is 3. The lowest BCUT2D eigenvalue weighted by molar-refractivity contribution is -0.143. The Bertz CT molecular complexity index is 989. The predicted molar refractivity (Wildman–Crippen MR) is 132 cm³/mol. The fraction of sp³-hybridized carbons (Fsp3) is 0.455. The first-order valence-electron chi connectivity index (χ1n) is 11.0. The molecule has 0 heterocycles. The maximum absolute atomic E-state index is 13.1. The average molecular weight is 542 g/mol. The van der Waals surface area contributed by atoms with Gasteiger partial charge < -0.3 is 42.7 Å². The van der Waals surface area contributed by atoms with Crippen LogP contribution in [-0.4, -0.2) is 87.1 Å². The summed E-state index contributed by atoms with van der Waals surface area (Å²) in [5, 5.41) is 34.7. The minimum absolute atomic E-state index is 0.0428. The molecule has 0 aliphatic heterocycles. The van der Waals surface area contributed by atoms with E-state index in [1.54, 1.807) is 6.26 Å². The minimum Gasteiger partial charge on any atom is -0.508 e. The van der Waals surface area contributed by atoms with Crippen molar-refractivity contribution in [2.45, 2.75) is 49.9 Å². The number of hydrogen-bond acceptors (Lipinski definition) is 9. The topological polar surface area (TPSA) is 251 Å². The summed E-state index contributed by atoms with van der Waals surface area (Å²) in [6, 6.07) is 0.0718. The lowest BCUT2D eigenvalue weighted by Gasteiger charge is -2.25. The summed E-state index contributed by atoms with van der Waals surface area (Å²) in [5.41, 5.74) is 11.1. The summed E-state index contributed by atoms with van der Waals surface area (Å²) in [6.07, 6.45) is 0.395. The molecule has 0 aromatic heterocycles. The van der Waals surface area contributed by atoms with Gasteiger partial charge in [-0.05, 0) is 36.1 Å². The lowest BCUT2D eigenvalue weighted by Crippen LogP contribution is -2.58. The number of phenolic OH excluding ortho intramolecular Hbond substituents is 1. The van der Waals surface area contributed by atoms with Gasteiger partial charge in [-0.1, -0.05) is 12.1 Å².